The third-order valence-corrected chi connectivity index (χ3v) is 2.96. The van der Waals surface area contributed by atoms with E-state index in [9.17, 15) is 0 Å². The van der Waals surface area contributed by atoms with Gasteiger partial charge in [-0.2, -0.15) is 0 Å². The van der Waals surface area contributed by atoms with E-state index in [1.165, 1.54) is 0 Å². The number of nitrogens with one attached hydrogen (secondary N) is 1. The monoisotopic (exact) mass is 217 g/mol. The Morgan fingerprint density at radius 1 is 1.31 bits per heavy atom. The van der Waals surface area contributed by atoms with Gasteiger partial charge in [-0.1, -0.05) is 0 Å². The smallest absolute Gasteiger partial charge is 0.179 e. The fourth-order valence-corrected chi connectivity index (χ4v) is 2.11. The lowest BCUT2D eigenvalue weighted by Gasteiger charge is -2.23. The number of fused-ring (bicyclic) bond motifs is 1. The average Bonchev–Trinajstić information content (AvgIpc) is 2.80. The number of nitrogens with zero attached hydrogens (tertiary/aromatic N) is 2. The third kappa shape index (κ3) is 1.76. The Kier molecular flexibility index (Phi) is 2.50. The molecule has 3 heterocycles. The number of aromatic nitrogens is 2. The number of hydrogen-bond donors (Lipinski definition) is 1. The van der Waals surface area contributed by atoms with E-state index in [-0.39, 0.29) is 0 Å². The maximum atomic E-state index is 6.00. The SMILES string of the molecule is c1cc(OC2CCNCC2)c2nccn2c1. The van der Waals surface area contributed by atoms with Crippen LogP contribution in [0.4, 0.5) is 0 Å². The first-order chi connectivity index (χ1) is 7.93. The average molecular weight is 217 g/mol. The van der Waals surface area contributed by atoms with Gasteiger partial charge in [0, 0.05) is 18.6 Å². The molecule has 84 valence electrons. The molecule has 2 aromatic heterocycles. The first-order valence-electron chi connectivity index (χ1n) is 5.72. The first kappa shape index (κ1) is 9.66. The van der Waals surface area contributed by atoms with Gasteiger partial charge in [-0.05, 0) is 38.1 Å². The quantitative estimate of drug-likeness (QED) is 0.827. The predicted octanol–water partition coefficient (Wildman–Crippen LogP) is 1.47. The Hall–Kier alpha value is -1.55. The van der Waals surface area contributed by atoms with E-state index in [0.29, 0.717) is 6.10 Å². The Balaban J connectivity index is 1.85. The number of imidazole rings is 1. The van der Waals surface area contributed by atoms with E-state index in [4.69, 9.17) is 4.74 Å². The van der Waals surface area contributed by atoms with E-state index in [2.05, 4.69) is 10.3 Å². The zero-order valence-electron chi connectivity index (χ0n) is 9.10. The van der Waals surface area contributed by atoms with Gasteiger partial charge in [-0.3, -0.25) is 0 Å². The van der Waals surface area contributed by atoms with E-state index in [1.54, 1.807) is 6.20 Å². The van der Waals surface area contributed by atoms with E-state index < -0.39 is 0 Å². The van der Waals surface area contributed by atoms with Crippen LogP contribution < -0.4 is 10.1 Å². The maximum absolute atomic E-state index is 6.00. The minimum atomic E-state index is 0.323. The molecule has 0 aliphatic carbocycles. The topological polar surface area (TPSA) is 38.6 Å². The maximum Gasteiger partial charge on any atom is 0.179 e. The minimum Gasteiger partial charge on any atom is -0.486 e. The molecule has 4 nitrogen and oxygen atoms in total. The fourth-order valence-electron chi connectivity index (χ4n) is 2.11. The van der Waals surface area contributed by atoms with Gasteiger partial charge in [0.25, 0.3) is 0 Å². The molecule has 4 heteroatoms. The summed E-state index contributed by atoms with van der Waals surface area (Å²) in [6, 6.07) is 3.98. The molecule has 0 radical (unpaired) electrons. The van der Waals surface area contributed by atoms with E-state index in [0.717, 1.165) is 37.3 Å². The molecule has 1 aliphatic rings. The summed E-state index contributed by atoms with van der Waals surface area (Å²) >= 11 is 0. The molecule has 2 aromatic rings. The summed E-state index contributed by atoms with van der Waals surface area (Å²) in [6.07, 6.45) is 8.18. The van der Waals surface area contributed by atoms with Gasteiger partial charge in [0.2, 0.25) is 0 Å². The third-order valence-electron chi connectivity index (χ3n) is 2.96. The van der Waals surface area contributed by atoms with E-state index in [1.807, 2.05) is 28.9 Å². The molecular formula is C12H15N3O. The number of pyridine rings is 1. The lowest BCUT2D eigenvalue weighted by molar-refractivity contribution is 0.164. The highest BCUT2D eigenvalue weighted by molar-refractivity contribution is 5.53. The lowest BCUT2D eigenvalue weighted by atomic mass is 10.1. The van der Waals surface area contributed by atoms with Crippen LogP contribution in [0.1, 0.15) is 12.8 Å². The van der Waals surface area contributed by atoms with Crippen molar-refractivity contribution in [3.63, 3.8) is 0 Å². The molecule has 0 amide bonds. The summed E-state index contributed by atoms with van der Waals surface area (Å²) < 4.78 is 7.99. The lowest BCUT2D eigenvalue weighted by Crippen LogP contribution is -2.34. The molecule has 1 fully saturated rings. The number of ether oxygens (including phenoxy) is 1. The van der Waals surface area contributed by atoms with Gasteiger partial charge < -0.3 is 14.5 Å². The number of piperidine rings is 1. The van der Waals surface area contributed by atoms with E-state index >= 15 is 0 Å². The first-order valence-corrected chi connectivity index (χ1v) is 5.72. The van der Waals surface area contributed by atoms with Crippen LogP contribution in [0.25, 0.3) is 5.65 Å². The van der Waals surface area contributed by atoms with Crippen LogP contribution in [-0.2, 0) is 0 Å². The molecule has 0 atom stereocenters. The Labute approximate surface area is 94.3 Å². The van der Waals surface area contributed by atoms with Crippen LogP contribution in [0.3, 0.4) is 0 Å². The van der Waals surface area contributed by atoms with Crippen molar-refractivity contribution in [2.24, 2.45) is 0 Å². The molecule has 1 N–H and O–H groups in total. The highest BCUT2D eigenvalue weighted by Gasteiger charge is 2.15. The second-order valence-corrected chi connectivity index (χ2v) is 4.10. The Morgan fingerprint density at radius 2 is 2.19 bits per heavy atom. The second kappa shape index (κ2) is 4.14. The second-order valence-electron chi connectivity index (χ2n) is 4.10. The van der Waals surface area contributed by atoms with Crippen LogP contribution in [0, 0.1) is 0 Å². The Morgan fingerprint density at radius 3 is 3.06 bits per heavy atom. The summed E-state index contributed by atoms with van der Waals surface area (Å²) in [5.74, 6) is 0.888. The minimum absolute atomic E-state index is 0.323. The molecule has 0 bridgehead atoms. The fraction of sp³-hybridized carbons (Fsp3) is 0.417. The molecule has 0 aromatic carbocycles. The zero-order valence-corrected chi connectivity index (χ0v) is 9.10. The van der Waals surface area contributed by atoms with Crippen LogP contribution in [0.5, 0.6) is 5.75 Å². The number of hydrogen-bond acceptors (Lipinski definition) is 3. The molecule has 1 aliphatic heterocycles. The van der Waals surface area contributed by atoms with Gasteiger partial charge in [0.05, 0.1) is 0 Å². The van der Waals surface area contributed by atoms with Crippen molar-refractivity contribution >= 4 is 5.65 Å². The summed E-state index contributed by atoms with van der Waals surface area (Å²) in [4.78, 5) is 4.31. The van der Waals surface area contributed by atoms with Gasteiger partial charge >= 0.3 is 0 Å². The molecular weight excluding hydrogens is 202 g/mol. The van der Waals surface area contributed by atoms with Gasteiger partial charge in [-0.15, -0.1) is 0 Å². The van der Waals surface area contributed by atoms with Crippen molar-refractivity contribution < 1.29 is 4.74 Å². The molecule has 16 heavy (non-hydrogen) atoms. The summed E-state index contributed by atoms with van der Waals surface area (Å²) in [5, 5.41) is 3.33. The molecule has 0 saturated carbocycles. The van der Waals surface area contributed by atoms with Crippen molar-refractivity contribution in [1.29, 1.82) is 0 Å². The predicted molar refractivity (Wildman–Crippen MR) is 61.7 cm³/mol. The highest BCUT2D eigenvalue weighted by Crippen LogP contribution is 2.21. The normalized spacial score (nSPS) is 17.8. The Bertz CT molecular complexity index is 474. The summed E-state index contributed by atoms with van der Waals surface area (Å²) in [7, 11) is 0. The molecule has 3 rings (SSSR count). The van der Waals surface area contributed by atoms with Crippen molar-refractivity contribution in [2.45, 2.75) is 18.9 Å². The molecule has 0 spiro atoms. The summed E-state index contributed by atoms with van der Waals surface area (Å²) in [6.45, 7) is 2.09. The standard InChI is InChI=1S/C12H15N3O/c1-2-11(12-14-7-9-15(12)8-1)16-10-3-5-13-6-4-10/h1-2,7-10,13H,3-6H2. The summed E-state index contributed by atoms with van der Waals surface area (Å²) in [5.41, 5.74) is 0.904. The molecule has 1 saturated heterocycles. The van der Waals surface area contributed by atoms with Crippen LogP contribution in [-0.4, -0.2) is 28.6 Å². The van der Waals surface area contributed by atoms with Crippen molar-refractivity contribution in [3.05, 3.63) is 30.7 Å². The van der Waals surface area contributed by atoms with Gasteiger partial charge in [0.1, 0.15) is 6.10 Å². The van der Waals surface area contributed by atoms with Crippen molar-refractivity contribution in [1.82, 2.24) is 14.7 Å². The van der Waals surface area contributed by atoms with Crippen LogP contribution in [0.2, 0.25) is 0 Å². The van der Waals surface area contributed by atoms with Crippen molar-refractivity contribution in [2.75, 3.05) is 13.1 Å². The zero-order chi connectivity index (χ0) is 10.8. The van der Waals surface area contributed by atoms with Crippen LogP contribution in [0.15, 0.2) is 30.7 Å². The number of rotatable bonds is 2. The molecule has 0 unspecified atom stereocenters. The van der Waals surface area contributed by atoms with Gasteiger partial charge in [-0.25, -0.2) is 4.98 Å². The van der Waals surface area contributed by atoms with Gasteiger partial charge in [0.15, 0.2) is 11.4 Å². The van der Waals surface area contributed by atoms with Crippen molar-refractivity contribution in [3.8, 4) is 5.75 Å². The largest absolute Gasteiger partial charge is 0.486 e. The van der Waals surface area contributed by atoms with Crippen LogP contribution >= 0.6 is 0 Å². The highest BCUT2D eigenvalue weighted by atomic mass is 16.5.